The summed E-state index contributed by atoms with van der Waals surface area (Å²) in [4.78, 5) is 13.6. The molecule has 4 nitrogen and oxygen atoms in total. The van der Waals surface area contributed by atoms with E-state index in [4.69, 9.17) is 5.11 Å². The summed E-state index contributed by atoms with van der Waals surface area (Å²) < 4.78 is 0. The Bertz CT molecular complexity index is 512. The molecular formula is C15H19NO3. The first-order valence-corrected chi connectivity index (χ1v) is 6.09. The first kappa shape index (κ1) is 15.2. The Kier molecular flexibility index (Phi) is 5.56. The fourth-order valence-corrected chi connectivity index (χ4v) is 1.77. The third-order valence-corrected chi connectivity index (χ3v) is 2.66. The highest BCUT2D eigenvalue weighted by Gasteiger charge is 2.13. The van der Waals surface area contributed by atoms with Crippen molar-refractivity contribution in [3.05, 3.63) is 34.9 Å². The predicted octanol–water partition coefficient (Wildman–Crippen LogP) is 0.792. The van der Waals surface area contributed by atoms with Gasteiger partial charge in [-0.15, -0.1) is 0 Å². The summed E-state index contributed by atoms with van der Waals surface area (Å²) in [6.07, 6.45) is -0.551. The van der Waals surface area contributed by atoms with Crippen molar-refractivity contribution in [1.29, 1.82) is 0 Å². The molecule has 1 atom stereocenters. The summed E-state index contributed by atoms with van der Waals surface area (Å²) in [5, 5.41) is 17.9. The van der Waals surface area contributed by atoms with Gasteiger partial charge in [0.15, 0.2) is 0 Å². The molecule has 1 rings (SSSR count). The van der Waals surface area contributed by atoms with E-state index in [1.807, 2.05) is 6.92 Å². The number of carbonyl (C=O) groups excluding carboxylic acids is 1. The van der Waals surface area contributed by atoms with Gasteiger partial charge >= 0.3 is 0 Å². The van der Waals surface area contributed by atoms with Gasteiger partial charge in [0.1, 0.15) is 6.61 Å². The predicted molar refractivity (Wildman–Crippen MR) is 73.8 cm³/mol. The molecule has 102 valence electrons. The molecule has 19 heavy (non-hydrogen) atoms. The average Bonchev–Trinajstić information content (AvgIpc) is 2.35. The normalized spacial score (nSPS) is 11.4. The van der Waals surface area contributed by atoms with Crippen LogP contribution in [0, 0.1) is 18.8 Å². The summed E-state index contributed by atoms with van der Waals surface area (Å²) in [5.74, 6) is 5.27. The quantitative estimate of drug-likeness (QED) is 0.791. The molecule has 4 heteroatoms. The number of hydrogen-bond acceptors (Lipinski definition) is 3. The highest BCUT2D eigenvalue weighted by Crippen LogP contribution is 2.12. The Hall–Kier alpha value is -1.83. The third-order valence-electron chi connectivity index (χ3n) is 2.66. The van der Waals surface area contributed by atoms with Crippen molar-refractivity contribution in [3.63, 3.8) is 0 Å². The Labute approximate surface area is 113 Å². The van der Waals surface area contributed by atoms with Gasteiger partial charge in [0.05, 0.1) is 6.10 Å². The van der Waals surface area contributed by atoms with E-state index in [9.17, 15) is 9.90 Å². The molecule has 0 aromatic heterocycles. The van der Waals surface area contributed by atoms with Gasteiger partial charge in [0, 0.05) is 24.7 Å². The van der Waals surface area contributed by atoms with Crippen molar-refractivity contribution < 1.29 is 15.0 Å². The maximum absolute atomic E-state index is 12.1. The minimum Gasteiger partial charge on any atom is -0.392 e. The number of rotatable bonds is 3. The molecular weight excluding hydrogens is 242 g/mol. The third kappa shape index (κ3) is 4.40. The maximum Gasteiger partial charge on any atom is 0.253 e. The second-order valence-electron chi connectivity index (χ2n) is 4.52. The summed E-state index contributed by atoms with van der Waals surface area (Å²) in [6.45, 7) is 3.62. The lowest BCUT2D eigenvalue weighted by molar-refractivity contribution is 0.0703. The van der Waals surface area contributed by atoms with Gasteiger partial charge in [-0.1, -0.05) is 11.8 Å². The summed E-state index contributed by atoms with van der Waals surface area (Å²) in [5.41, 5.74) is 2.25. The number of nitrogens with zero attached hydrogens (tertiary/aromatic N) is 1. The fourth-order valence-electron chi connectivity index (χ4n) is 1.77. The number of aliphatic hydroxyl groups is 2. The van der Waals surface area contributed by atoms with Crippen LogP contribution >= 0.6 is 0 Å². The van der Waals surface area contributed by atoms with Crippen molar-refractivity contribution in [2.75, 3.05) is 20.2 Å². The standard InChI is InChI=1S/C15H19NO3/c1-11-9-14(7-6-13(11)5-4-8-17)15(19)16(3)10-12(2)18/h6-7,9,12,17-18H,8,10H2,1-3H3. The summed E-state index contributed by atoms with van der Waals surface area (Å²) in [7, 11) is 1.66. The zero-order chi connectivity index (χ0) is 14.4. The summed E-state index contributed by atoms with van der Waals surface area (Å²) >= 11 is 0. The van der Waals surface area contributed by atoms with E-state index in [2.05, 4.69) is 11.8 Å². The minimum atomic E-state index is -0.551. The molecule has 0 aliphatic carbocycles. The van der Waals surface area contributed by atoms with E-state index >= 15 is 0 Å². The number of aliphatic hydroxyl groups excluding tert-OH is 2. The highest BCUT2D eigenvalue weighted by atomic mass is 16.3. The summed E-state index contributed by atoms with van der Waals surface area (Å²) in [6, 6.07) is 5.24. The topological polar surface area (TPSA) is 60.8 Å². The Balaban J connectivity index is 2.91. The Morgan fingerprint density at radius 1 is 1.47 bits per heavy atom. The van der Waals surface area contributed by atoms with Crippen molar-refractivity contribution in [3.8, 4) is 11.8 Å². The number of benzene rings is 1. The number of carbonyl (C=O) groups is 1. The fraction of sp³-hybridized carbons (Fsp3) is 0.400. The second-order valence-corrected chi connectivity index (χ2v) is 4.52. The molecule has 0 saturated heterocycles. The molecule has 1 unspecified atom stereocenters. The molecule has 0 bridgehead atoms. The van der Waals surface area contributed by atoms with Crippen molar-refractivity contribution in [2.45, 2.75) is 20.0 Å². The molecule has 1 aromatic rings. The van der Waals surface area contributed by atoms with Crippen LogP contribution in [0.4, 0.5) is 0 Å². The van der Waals surface area contributed by atoms with Crippen LogP contribution in [-0.2, 0) is 0 Å². The van der Waals surface area contributed by atoms with E-state index in [1.54, 1.807) is 32.2 Å². The van der Waals surface area contributed by atoms with Gasteiger partial charge in [-0.2, -0.15) is 0 Å². The largest absolute Gasteiger partial charge is 0.392 e. The number of hydrogen-bond donors (Lipinski definition) is 2. The zero-order valence-electron chi connectivity index (χ0n) is 11.5. The van der Waals surface area contributed by atoms with Crippen LogP contribution in [0.25, 0.3) is 0 Å². The number of likely N-dealkylation sites (N-methyl/N-ethyl adjacent to an activating group) is 1. The van der Waals surface area contributed by atoms with Gasteiger partial charge in [-0.25, -0.2) is 0 Å². The van der Waals surface area contributed by atoms with Crippen LogP contribution in [0.5, 0.6) is 0 Å². The van der Waals surface area contributed by atoms with E-state index in [0.717, 1.165) is 11.1 Å². The molecule has 2 N–H and O–H groups in total. The van der Waals surface area contributed by atoms with Crippen LogP contribution < -0.4 is 0 Å². The van der Waals surface area contributed by atoms with Crippen LogP contribution in [0.3, 0.4) is 0 Å². The van der Waals surface area contributed by atoms with E-state index in [-0.39, 0.29) is 12.5 Å². The van der Waals surface area contributed by atoms with Gasteiger partial charge in [0.2, 0.25) is 0 Å². The van der Waals surface area contributed by atoms with Crippen molar-refractivity contribution in [2.24, 2.45) is 0 Å². The number of aryl methyl sites for hydroxylation is 1. The highest BCUT2D eigenvalue weighted by molar-refractivity contribution is 5.94. The lowest BCUT2D eigenvalue weighted by Gasteiger charge is -2.19. The van der Waals surface area contributed by atoms with Gasteiger partial charge < -0.3 is 15.1 Å². The van der Waals surface area contributed by atoms with Crippen LogP contribution in [0.15, 0.2) is 18.2 Å². The number of amides is 1. The molecule has 1 aromatic carbocycles. The minimum absolute atomic E-state index is 0.134. The van der Waals surface area contributed by atoms with Gasteiger partial charge in [-0.05, 0) is 37.6 Å². The van der Waals surface area contributed by atoms with E-state index in [1.165, 1.54) is 4.90 Å². The molecule has 0 aliphatic rings. The SMILES string of the molecule is Cc1cc(C(=O)N(C)CC(C)O)ccc1C#CCO. The molecule has 0 spiro atoms. The molecule has 1 amide bonds. The molecule has 0 heterocycles. The first-order valence-electron chi connectivity index (χ1n) is 6.09. The van der Waals surface area contributed by atoms with Crippen molar-refractivity contribution >= 4 is 5.91 Å². The maximum atomic E-state index is 12.1. The zero-order valence-corrected chi connectivity index (χ0v) is 11.5. The first-order chi connectivity index (χ1) is 8.95. The van der Waals surface area contributed by atoms with Crippen LogP contribution in [-0.4, -0.2) is 47.3 Å². The second kappa shape index (κ2) is 6.93. The van der Waals surface area contributed by atoms with Gasteiger partial charge in [-0.3, -0.25) is 4.79 Å². The molecule has 0 aliphatic heterocycles. The lowest BCUT2D eigenvalue weighted by atomic mass is 10.0. The molecule has 0 fully saturated rings. The van der Waals surface area contributed by atoms with E-state index < -0.39 is 6.10 Å². The molecule has 0 radical (unpaired) electrons. The van der Waals surface area contributed by atoms with Crippen LogP contribution in [0.2, 0.25) is 0 Å². The van der Waals surface area contributed by atoms with Crippen LogP contribution in [0.1, 0.15) is 28.4 Å². The van der Waals surface area contributed by atoms with E-state index in [0.29, 0.717) is 12.1 Å². The molecule has 0 saturated carbocycles. The monoisotopic (exact) mass is 261 g/mol. The average molecular weight is 261 g/mol. The Morgan fingerprint density at radius 3 is 2.68 bits per heavy atom. The smallest absolute Gasteiger partial charge is 0.253 e. The van der Waals surface area contributed by atoms with Gasteiger partial charge in [0.25, 0.3) is 5.91 Å². The van der Waals surface area contributed by atoms with Crippen molar-refractivity contribution in [1.82, 2.24) is 4.90 Å². The lowest BCUT2D eigenvalue weighted by Crippen LogP contribution is -2.33. The Morgan fingerprint density at radius 2 is 2.16 bits per heavy atom.